The van der Waals surface area contributed by atoms with Crippen molar-refractivity contribution >= 4 is 21.6 Å². The minimum absolute atomic E-state index is 0.362. The van der Waals surface area contributed by atoms with E-state index >= 15 is 0 Å². The fourth-order valence-corrected chi connectivity index (χ4v) is 1.85. The average Bonchev–Trinajstić information content (AvgIpc) is 2.81. The van der Waals surface area contributed by atoms with Gasteiger partial charge in [-0.25, -0.2) is 8.91 Å². The van der Waals surface area contributed by atoms with E-state index in [4.69, 9.17) is 4.74 Å². The van der Waals surface area contributed by atoms with Crippen molar-refractivity contribution < 1.29 is 9.13 Å². The summed E-state index contributed by atoms with van der Waals surface area (Å²) in [4.78, 5) is 4.24. The Morgan fingerprint density at radius 1 is 1.22 bits per heavy atom. The van der Waals surface area contributed by atoms with Crippen LogP contribution in [0.15, 0.2) is 47.2 Å². The third-order valence-corrected chi connectivity index (χ3v) is 3.00. The molecule has 6 heteroatoms. The lowest BCUT2D eigenvalue weighted by Crippen LogP contribution is -1.93. The van der Waals surface area contributed by atoms with Crippen LogP contribution in [0.1, 0.15) is 0 Å². The molecule has 0 radical (unpaired) electrons. The fourth-order valence-electron chi connectivity index (χ4n) is 1.52. The second-order valence-corrected chi connectivity index (χ2v) is 4.43. The normalized spacial score (nSPS) is 10.8. The van der Waals surface area contributed by atoms with Crippen LogP contribution in [0.2, 0.25) is 0 Å². The average molecular weight is 308 g/mol. The van der Waals surface area contributed by atoms with Crippen molar-refractivity contribution in [1.29, 1.82) is 0 Å². The number of ether oxygens (including phenoxy) is 1. The third kappa shape index (κ3) is 2.06. The zero-order valence-corrected chi connectivity index (χ0v) is 10.6. The predicted molar refractivity (Wildman–Crippen MR) is 67.2 cm³/mol. The minimum Gasteiger partial charge on any atom is -0.438 e. The van der Waals surface area contributed by atoms with Gasteiger partial charge in [-0.2, -0.15) is 10.1 Å². The van der Waals surface area contributed by atoms with Crippen LogP contribution in [-0.4, -0.2) is 14.6 Å². The molecule has 0 saturated heterocycles. The molecule has 3 aromatic rings. The lowest BCUT2D eigenvalue weighted by molar-refractivity contribution is 0.455. The molecular formula is C12H7BrFN3O. The Morgan fingerprint density at radius 2 is 2.11 bits per heavy atom. The van der Waals surface area contributed by atoms with Gasteiger partial charge in [0.2, 0.25) is 5.88 Å². The lowest BCUT2D eigenvalue weighted by atomic mass is 10.3. The number of rotatable bonds is 2. The van der Waals surface area contributed by atoms with E-state index < -0.39 is 0 Å². The second kappa shape index (κ2) is 4.38. The molecule has 0 saturated carbocycles. The molecule has 0 unspecified atom stereocenters. The summed E-state index contributed by atoms with van der Waals surface area (Å²) in [6, 6.07) is 7.66. The number of fused-ring (bicyclic) bond motifs is 1. The molecule has 0 atom stereocenters. The van der Waals surface area contributed by atoms with Gasteiger partial charge < -0.3 is 4.74 Å². The van der Waals surface area contributed by atoms with Crippen molar-refractivity contribution in [3.8, 4) is 11.6 Å². The summed E-state index contributed by atoms with van der Waals surface area (Å²) >= 11 is 3.29. The molecule has 0 N–H and O–H groups in total. The Hall–Kier alpha value is -1.95. The topological polar surface area (TPSA) is 39.4 Å². The Morgan fingerprint density at radius 3 is 3.00 bits per heavy atom. The van der Waals surface area contributed by atoms with E-state index in [1.807, 2.05) is 0 Å². The standard InChI is InChI=1S/C12H7BrFN3O/c13-9-2-1-8(14)7-10(9)18-12-4-6-17-11(16-12)3-5-15-17/h1-7H. The molecule has 0 aliphatic heterocycles. The van der Waals surface area contributed by atoms with Crippen LogP contribution < -0.4 is 4.74 Å². The highest BCUT2D eigenvalue weighted by molar-refractivity contribution is 9.10. The first kappa shape index (κ1) is 11.2. The summed E-state index contributed by atoms with van der Waals surface area (Å²) in [5.41, 5.74) is 0.667. The van der Waals surface area contributed by atoms with E-state index in [1.165, 1.54) is 12.1 Å². The van der Waals surface area contributed by atoms with Crippen molar-refractivity contribution in [3.05, 3.63) is 53.0 Å². The van der Waals surface area contributed by atoms with Gasteiger partial charge in [0.15, 0.2) is 5.65 Å². The molecule has 0 spiro atoms. The fraction of sp³-hybridized carbons (Fsp3) is 0. The van der Waals surface area contributed by atoms with Crippen molar-refractivity contribution in [1.82, 2.24) is 14.6 Å². The van der Waals surface area contributed by atoms with Crippen LogP contribution in [0.4, 0.5) is 4.39 Å². The van der Waals surface area contributed by atoms with Gasteiger partial charge in [0.1, 0.15) is 11.6 Å². The van der Waals surface area contributed by atoms with Crippen molar-refractivity contribution in [2.45, 2.75) is 0 Å². The van der Waals surface area contributed by atoms with Gasteiger partial charge in [-0.05, 0) is 28.1 Å². The molecule has 18 heavy (non-hydrogen) atoms. The maximum atomic E-state index is 13.1. The van der Waals surface area contributed by atoms with Gasteiger partial charge in [0, 0.05) is 24.4 Å². The number of benzene rings is 1. The molecule has 1 aromatic carbocycles. The summed E-state index contributed by atoms with van der Waals surface area (Å²) in [5, 5.41) is 4.03. The van der Waals surface area contributed by atoms with Crippen LogP contribution >= 0.6 is 15.9 Å². The van der Waals surface area contributed by atoms with Crippen LogP contribution in [0, 0.1) is 5.82 Å². The molecule has 0 fully saturated rings. The Labute approximate surface area is 110 Å². The van der Waals surface area contributed by atoms with E-state index in [0.29, 0.717) is 21.7 Å². The zero-order valence-electron chi connectivity index (χ0n) is 9.05. The smallest absolute Gasteiger partial charge is 0.222 e. The molecule has 0 amide bonds. The molecule has 3 rings (SSSR count). The van der Waals surface area contributed by atoms with E-state index in [-0.39, 0.29) is 5.82 Å². The lowest BCUT2D eigenvalue weighted by Gasteiger charge is -2.06. The second-order valence-electron chi connectivity index (χ2n) is 3.58. The first-order valence-corrected chi connectivity index (χ1v) is 5.95. The highest BCUT2D eigenvalue weighted by Crippen LogP contribution is 2.29. The quantitative estimate of drug-likeness (QED) is 0.728. The van der Waals surface area contributed by atoms with Gasteiger partial charge in [0.25, 0.3) is 0 Å². The third-order valence-electron chi connectivity index (χ3n) is 2.34. The largest absolute Gasteiger partial charge is 0.438 e. The summed E-state index contributed by atoms with van der Waals surface area (Å²) in [6.45, 7) is 0. The summed E-state index contributed by atoms with van der Waals surface area (Å²) < 4.78 is 20.9. The molecule has 4 nitrogen and oxygen atoms in total. The highest BCUT2D eigenvalue weighted by Gasteiger charge is 2.06. The summed E-state index contributed by atoms with van der Waals surface area (Å²) in [6.07, 6.45) is 3.37. The first-order valence-electron chi connectivity index (χ1n) is 5.16. The molecule has 0 bridgehead atoms. The molecule has 2 aromatic heterocycles. The van der Waals surface area contributed by atoms with Crippen molar-refractivity contribution in [3.63, 3.8) is 0 Å². The number of halogens is 2. The van der Waals surface area contributed by atoms with E-state index in [0.717, 1.165) is 0 Å². The van der Waals surface area contributed by atoms with Crippen molar-refractivity contribution in [2.24, 2.45) is 0 Å². The van der Waals surface area contributed by atoms with Crippen LogP contribution in [-0.2, 0) is 0 Å². The first-order chi connectivity index (χ1) is 8.72. The van der Waals surface area contributed by atoms with Crippen LogP contribution in [0.25, 0.3) is 5.65 Å². The number of hydrogen-bond acceptors (Lipinski definition) is 3. The minimum atomic E-state index is -0.362. The Bertz CT molecular complexity index is 713. The van der Waals surface area contributed by atoms with Gasteiger partial charge >= 0.3 is 0 Å². The molecule has 2 heterocycles. The van der Waals surface area contributed by atoms with Crippen molar-refractivity contribution in [2.75, 3.05) is 0 Å². The van der Waals surface area contributed by atoms with Gasteiger partial charge in [-0.1, -0.05) is 0 Å². The number of aromatic nitrogens is 3. The maximum absolute atomic E-state index is 13.1. The SMILES string of the molecule is Fc1ccc(Br)c(Oc2ccn3nccc3n2)c1. The number of nitrogens with zero attached hydrogens (tertiary/aromatic N) is 3. The van der Waals surface area contributed by atoms with E-state index in [2.05, 4.69) is 26.0 Å². The van der Waals surface area contributed by atoms with E-state index in [9.17, 15) is 4.39 Å². The van der Waals surface area contributed by atoms with Crippen LogP contribution in [0.3, 0.4) is 0 Å². The molecular weight excluding hydrogens is 301 g/mol. The monoisotopic (exact) mass is 307 g/mol. The molecule has 0 aliphatic rings. The van der Waals surface area contributed by atoms with E-state index in [1.54, 1.807) is 35.1 Å². The van der Waals surface area contributed by atoms with Gasteiger partial charge in [-0.15, -0.1) is 0 Å². The molecule has 0 aliphatic carbocycles. The Kier molecular flexibility index (Phi) is 2.71. The predicted octanol–water partition coefficient (Wildman–Crippen LogP) is 3.42. The Balaban J connectivity index is 1.97. The summed E-state index contributed by atoms with van der Waals surface area (Å²) in [5.74, 6) is 0.402. The maximum Gasteiger partial charge on any atom is 0.222 e. The number of hydrogen-bond donors (Lipinski definition) is 0. The molecule has 90 valence electrons. The summed E-state index contributed by atoms with van der Waals surface area (Å²) in [7, 11) is 0. The van der Waals surface area contributed by atoms with Gasteiger partial charge in [0.05, 0.1) is 10.7 Å². The van der Waals surface area contributed by atoms with Crippen LogP contribution in [0.5, 0.6) is 11.6 Å². The van der Waals surface area contributed by atoms with Gasteiger partial charge in [-0.3, -0.25) is 0 Å². The highest BCUT2D eigenvalue weighted by atomic mass is 79.9. The zero-order chi connectivity index (χ0) is 12.5.